The maximum absolute atomic E-state index is 11.6. The van der Waals surface area contributed by atoms with E-state index in [0.717, 1.165) is 32.4 Å². The van der Waals surface area contributed by atoms with Gasteiger partial charge in [-0.05, 0) is 60.4 Å². The van der Waals surface area contributed by atoms with E-state index in [9.17, 15) is 4.79 Å². The number of hydrogen-bond acceptors (Lipinski definition) is 4. The minimum absolute atomic E-state index is 0.111. The van der Waals surface area contributed by atoms with Crippen LogP contribution in [0.2, 0.25) is 0 Å². The Bertz CT molecular complexity index is 296. The average Bonchev–Trinajstić information content (AvgIpc) is 2.22. The standard InChI is InChI=1S/C15H30N2O3/c1-6-19-13-9-12(10-13)16-8-7-11(2)17-14(18)20-15(3,4)5/h11-13,16H,6-10H2,1-5H3,(H,17,18). The summed E-state index contributed by atoms with van der Waals surface area (Å²) in [5.74, 6) is 0. The molecule has 1 atom stereocenters. The molecule has 0 aromatic carbocycles. The zero-order valence-corrected chi connectivity index (χ0v) is 13.5. The second kappa shape index (κ2) is 7.84. The maximum atomic E-state index is 11.6. The fourth-order valence-corrected chi connectivity index (χ4v) is 2.19. The Morgan fingerprint density at radius 3 is 2.55 bits per heavy atom. The van der Waals surface area contributed by atoms with E-state index < -0.39 is 5.60 Å². The van der Waals surface area contributed by atoms with Crippen LogP contribution in [0.4, 0.5) is 4.79 Å². The summed E-state index contributed by atoms with van der Waals surface area (Å²) >= 11 is 0. The zero-order chi connectivity index (χ0) is 15.2. The predicted octanol–water partition coefficient (Wildman–Crippen LogP) is 2.45. The summed E-state index contributed by atoms with van der Waals surface area (Å²) in [6.45, 7) is 11.3. The zero-order valence-electron chi connectivity index (χ0n) is 13.5. The Morgan fingerprint density at radius 2 is 2.00 bits per heavy atom. The summed E-state index contributed by atoms with van der Waals surface area (Å²) in [6.07, 6.45) is 3.19. The highest BCUT2D eigenvalue weighted by molar-refractivity contribution is 5.67. The van der Waals surface area contributed by atoms with Gasteiger partial charge >= 0.3 is 6.09 Å². The van der Waals surface area contributed by atoms with E-state index in [1.165, 1.54) is 0 Å². The van der Waals surface area contributed by atoms with Crippen LogP contribution in [-0.2, 0) is 9.47 Å². The minimum atomic E-state index is -0.442. The SMILES string of the molecule is CCOC1CC(NCCC(C)NC(=O)OC(C)(C)C)C1. The Morgan fingerprint density at radius 1 is 1.35 bits per heavy atom. The molecule has 20 heavy (non-hydrogen) atoms. The van der Waals surface area contributed by atoms with E-state index in [1.54, 1.807) is 0 Å². The molecule has 0 aromatic rings. The summed E-state index contributed by atoms with van der Waals surface area (Å²) in [7, 11) is 0. The molecule has 1 rings (SSSR count). The van der Waals surface area contributed by atoms with Crippen LogP contribution >= 0.6 is 0 Å². The number of rotatable bonds is 7. The van der Waals surface area contributed by atoms with Crippen molar-refractivity contribution in [3.8, 4) is 0 Å². The summed E-state index contributed by atoms with van der Waals surface area (Å²) in [4.78, 5) is 11.6. The Balaban J connectivity index is 2.03. The number of carbonyl (C=O) groups excluding carboxylic acids is 1. The maximum Gasteiger partial charge on any atom is 0.407 e. The van der Waals surface area contributed by atoms with Gasteiger partial charge in [0, 0.05) is 18.7 Å². The first kappa shape index (κ1) is 17.2. The topological polar surface area (TPSA) is 59.6 Å². The Kier molecular flexibility index (Phi) is 6.76. The monoisotopic (exact) mass is 286 g/mol. The van der Waals surface area contributed by atoms with Crippen molar-refractivity contribution < 1.29 is 14.3 Å². The first-order valence-corrected chi connectivity index (χ1v) is 7.64. The molecule has 1 saturated carbocycles. The third kappa shape index (κ3) is 7.10. The fraction of sp³-hybridized carbons (Fsp3) is 0.933. The molecule has 1 unspecified atom stereocenters. The van der Waals surface area contributed by atoms with Crippen LogP contribution < -0.4 is 10.6 Å². The van der Waals surface area contributed by atoms with Crippen LogP contribution in [0.25, 0.3) is 0 Å². The van der Waals surface area contributed by atoms with Crippen molar-refractivity contribution in [2.75, 3.05) is 13.2 Å². The molecule has 0 aliphatic heterocycles. The molecule has 0 aromatic heterocycles. The molecule has 5 nitrogen and oxygen atoms in total. The number of hydrogen-bond donors (Lipinski definition) is 2. The first-order chi connectivity index (χ1) is 9.30. The molecular weight excluding hydrogens is 256 g/mol. The molecule has 118 valence electrons. The van der Waals surface area contributed by atoms with Crippen LogP contribution in [0.5, 0.6) is 0 Å². The predicted molar refractivity (Wildman–Crippen MR) is 79.9 cm³/mol. The van der Waals surface area contributed by atoms with E-state index in [4.69, 9.17) is 9.47 Å². The van der Waals surface area contributed by atoms with Crippen molar-refractivity contribution in [1.82, 2.24) is 10.6 Å². The van der Waals surface area contributed by atoms with Gasteiger partial charge in [0.25, 0.3) is 0 Å². The molecule has 2 N–H and O–H groups in total. The Labute approximate surface area is 122 Å². The van der Waals surface area contributed by atoms with Crippen LogP contribution in [-0.4, -0.2) is 43.0 Å². The Hall–Kier alpha value is -0.810. The van der Waals surface area contributed by atoms with E-state index in [0.29, 0.717) is 12.1 Å². The van der Waals surface area contributed by atoms with Crippen LogP contribution in [0.3, 0.4) is 0 Å². The summed E-state index contributed by atoms with van der Waals surface area (Å²) in [5, 5.41) is 6.34. The molecule has 0 spiro atoms. The van der Waals surface area contributed by atoms with Crippen molar-refractivity contribution in [2.24, 2.45) is 0 Å². The lowest BCUT2D eigenvalue weighted by atomic mass is 9.89. The van der Waals surface area contributed by atoms with E-state index in [-0.39, 0.29) is 12.1 Å². The lowest BCUT2D eigenvalue weighted by Crippen LogP contribution is -2.47. The molecule has 0 bridgehead atoms. The van der Waals surface area contributed by atoms with Gasteiger partial charge in [0.2, 0.25) is 0 Å². The van der Waals surface area contributed by atoms with Crippen LogP contribution in [0, 0.1) is 0 Å². The highest BCUT2D eigenvalue weighted by Crippen LogP contribution is 2.23. The number of nitrogens with one attached hydrogen (secondary N) is 2. The van der Waals surface area contributed by atoms with Gasteiger partial charge in [-0.3, -0.25) is 0 Å². The molecule has 1 amide bonds. The van der Waals surface area contributed by atoms with Crippen molar-refractivity contribution >= 4 is 6.09 Å². The second-order valence-electron chi connectivity index (χ2n) is 6.54. The molecule has 1 fully saturated rings. The van der Waals surface area contributed by atoms with Gasteiger partial charge in [0.05, 0.1) is 6.10 Å². The van der Waals surface area contributed by atoms with Gasteiger partial charge in [-0.15, -0.1) is 0 Å². The summed E-state index contributed by atoms with van der Waals surface area (Å²) in [5.41, 5.74) is -0.442. The van der Waals surface area contributed by atoms with Gasteiger partial charge in [0.1, 0.15) is 5.60 Å². The largest absolute Gasteiger partial charge is 0.444 e. The highest BCUT2D eigenvalue weighted by Gasteiger charge is 2.28. The smallest absolute Gasteiger partial charge is 0.407 e. The van der Waals surface area contributed by atoms with Crippen LogP contribution in [0.15, 0.2) is 0 Å². The minimum Gasteiger partial charge on any atom is -0.444 e. The van der Waals surface area contributed by atoms with Gasteiger partial charge in [0.15, 0.2) is 0 Å². The molecule has 1 aliphatic carbocycles. The third-order valence-electron chi connectivity index (χ3n) is 3.27. The van der Waals surface area contributed by atoms with E-state index >= 15 is 0 Å². The van der Waals surface area contributed by atoms with Crippen molar-refractivity contribution in [3.05, 3.63) is 0 Å². The lowest BCUT2D eigenvalue weighted by Gasteiger charge is -2.35. The van der Waals surface area contributed by atoms with E-state index in [2.05, 4.69) is 10.6 Å². The molecule has 1 aliphatic rings. The van der Waals surface area contributed by atoms with Crippen molar-refractivity contribution in [1.29, 1.82) is 0 Å². The number of alkyl carbamates (subject to hydrolysis) is 1. The van der Waals surface area contributed by atoms with Crippen LogP contribution in [0.1, 0.15) is 53.9 Å². The number of amides is 1. The fourth-order valence-electron chi connectivity index (χ4n) is 2.19. The van der Waals surface area contributed by atoms with Gasteiger partial charge < -0.3 is 20.1 Å². The van der Waals surface area contributed by atoms with Gasteiger partial charge in [-0.2, -0.15) is 0 Å². The molecule has 0 radical (unpaired) electrons. The third-order valence-corrected chi connectivity index (χ3v) is 3.27. The van der Waals surface area contributed by atoms with E-state index in [1.807, 2.05) is 34.6 Å². The molecule has 5 heteroatoms. The average molecular weight is 286 g/mol. The highest BCUT2D eigenvalue weighted by atomic mass is 16.6. The molecule has 0 heterocycles. The quantitative estimate of drug-likeness (QED) is 0.754. The van der Waals surface area contributed by atoms with Crippen molar-refractivity contribution in [3.63, 3.8) is 0 Å². The van der Waals surface area contributed by atoms with Crippen molar-refractivity contribution in [2.45, 2.75) is 77.7 Å². The van der Waals surface area contributed by atoms with Gasteiger partial charge in [-0.25, -0.2) is 4.79 Å². The normalized spacial score (nSPS) is 23.9. The lowest BCUT2D eigenvalue weighted by molar-refractivity contribution is -0.00983. The summed E-state index contributed by atoms with van der Waals surface area (Å²) < 4.78 is 10.7. The summed E-state index contributed by atoms with van der Waals surface area (Å²) in [6, 6.07) is 0.681. The number of ether oxygens (including phenoxy) is 2. The molecular formula is C15H30N2O3. The number of carbonyl (C=O) groups is 1. The first-order valence-electron chi connectivity index (χ1n) is 7.64. The second-order valence-corrected chi connectivity index (χ2v) is 6.54. The molecule has 0 saturated heterocycles. The van der Waals surface area contributed by atoms with Gasteiger partial charge in [-0.1, -0.05) is 0 Å².